The predicted molar refractivity (Wildman–Crippen MR) is 102 cm³/mol. The van der Waals surface area contributed by atoms with E-state index in [-0.39, 0.29) is 23.7 Å². The molecule has 6 nitrogen and oxygen atoms in total. The quantitative estimate of drug-likeness (QED) is 0.545. The van der Waals surface area contributed by atoms with Crippen LogP contribution >= 0.6 is 0 Å². The lowest BCUT2D eigenvalue weighted by Gasteiger charge is -2.06. The van der Waals surface area contributed by atoms with Crippen LogP contribution in [0.15, 0.2) is 65.1 Å². The number of aromatic nitrogens is 1. The number of para-hydroxylation sites is 2. The monoisotopic (exact) mass is 360 g/mol. The zero-order valence-electron chi connectivity index (χ0n) is 14.6. The van der Waals surface area contributed by atoms with E-state index in [0.29, 0.717) is 16.5 Å². The summed E-state index contributed by atoms with van der Waals surface area (Å²) in [5.74, 6) is -1.10. The van der Waals surface area contributed by atoms with Crippen LogP contribution in [0, 0.1) is 0 Å². The maximum atomic E-state index is 12.8. The number of pyridine rings is 1. The molecule has 2 aromatic carbocycles. The third-order valence-corrected chi connectivity index (χ3v) is 4.13. The molecule has 6 heteroatoms. The van der Waals surface area contributed by atoms with Crippen LogP contribution in [0.3, 0.4) is 0 Å². The SMILES string of the molecule is CCOC(=O)c1oc2ccccc2c1NC(=O)c1ccc2ccccc2n1. The second kappa shape index (κ2) is 6.92. The predicted octanol–water partition coefficient (Wildman–Crippen LogP) is 4.41. The molecule has 0 aliphatic heterocycles. The van der Waals surface area contributed by atoms with Crippen LogP contribution in [-0.4, -0.2) is 23.5 Å². The van der Waals surface area contributed by atoms with Gasteiger partial charge in [0.25, 0.3) is 5.91 Å². The lowest BCUT2D eigenvalue weighted by molar-refractivity contribution is 0.0494. The highest BCUT2D eigenvalue weighted by Crippen LogP contribution is 2.31. The van der Waals surface area contributed by atoms with Crippen molar-refractivity contribution in [1.29, 1.82) is 0 Å². The minimum atomic E-state index is -0.629. The average molecular weight is 360 g/mol. The largest absolute Gasteiger partial charge is 0.460 e. The first-order valence-electron chi connectivity index (χ1n) is 8.53. The number of nitrogens with zero attached hydrogens (tertiary/aromatic N) is 1. The number of hydrogen-bond donors (Lipinski definition) is 1. The Balaban J connectivity index is 1.74. The van der Waals surface area contributed by atoms with Crippen molar-refractivity contribution in [3.05, 3.63) is 72.1 Å². The summed E-state index contributed by atoms with van der Waals surface area (Å²) in [6.07, 6.45) is 0. The highest BCUT2D eigenvalue weighted by atomic mass is 16.5. The van der Waals surface area contributed by atoms with Gasteiger partial charge in [0.05, 0.1) is 12.1 Å². The highest BCUT2D eigenvalue weighted by molar-refractivity contribution is 6.13. The van der Waals surface area contributed by atoms with E-state index < -0.39 is 11.9 Å². The van der Waals surface area contributed by atoms with E-state index in [4.69, 9.17) is 9.15 Å². The van der Waals surface area contributed by atoms with Gasteiger partial charge in [0, 0.05) is 10.8 Å². The molecular formula is C21H16N2O4. The van der Waals surface area contributed by atoms with Crippen LogP contribution in [0.2, 0.25) is 0 Å². The first-order chi connectivity index (χ1) is 13.2. The van der Waals surface area contributed by atoms with Crippen molar-refractivity contribution in [2.75, 3.05) is 11.9 Å². The van der Waals surface area contributed by atoms with Crippen LogP contribution in [0.4, 0.5) is 5.69 Å². The molecule has 0 unspecified atom stereocenters. The molecule has 0 saturated carbocycles. The average Bonchev–Trinajstić information content (AvgIpc) is 3.06. The van der Waals surface area contributed by atoms with Gasteiger partial charge in [-0.2, -0.15) is 0 Å². The Morgan fingerprint density at radius 2 is 1.81 bits per heavy atom. The maximum absolute atomic E-state index is 12.8. The zero-order chi connectivity index (χ0) is 18.8. The van der Waals surface area contributed by atoms with E-state index in [9.17, 15) is 9.59 Å². The van der Waals surface area contributed by atoms with Gasteiger partial charge in [0.2, 0.25) is 5.76 Å². The van der Waals surface area contributed by atoms with Gasteiger partial charge in [-0.15, -0.1) is 0 Å². The summed E-state index contributed by atoms with van der Waals surface area (Å²) in [5, 5.41) is 4.32. The Morgan fingerprint density at radius 3 is 2.67 bits per heavy atom. The molecule has 1 amide bonds. The summed E-state index contributed by atoms with van der Waals surface area (Å²) in [6, 6.07) is 18.1. The molecule has 0 spiro atoms. The molecule has 0 radical (unpaired) electrons. The molecule has 2 aromatic heterocycles. The van der Waals surface area contributed by atoms with Gasteiger partial charge < -0.3 is 14.5 Å². The van der Waals surface area contributed by atoms with E-state index in [1.165, 1.54) is 0 Å². The van der Waals surface area contributed by atoms with Crippen LogP contribution in [0.5, 0.6) is 0 Å². The van der Waals surface area contributed by atoms with Gasteiger partial charge in [0.1, 0.15) is 17.0 Å². The summed E-state index contributed by atoms with van der Waals surface area (Å²) in [5.41, 5.74) is 1.73. The van der Waals surface area contributed by atoms with Gasteiger partial charge in [-0.1, -0.05) is 36.4 Å². The number of esters is 1. The molecule has 0 saturated heterocycles. The fraction of sp³-hybridized carbons (Fsp3) is 0.0952. The van der Waals surface area contributed by atoms with Crippen LogP contribution in [0.25, 0.3) is 21.9 Å². The van der Waals surface area contributed by atoms with Crippen LogP contribution < -0.4 is 5.32 Å². The summed E-state index contributed by atoms with van der Waals surface area (Å²) < 4.78 is 10.7. The number of benzene rings is 2. The highest BCUT2D eigenvalue weighted by Gasteiger charge is 2.24. The Morgan fingerprint density at radius 1 is 1.04 bits per heavy atom. The number of furan rings is 1. The minimum Gasteiger partial charge on any atom is -0.460 e. The second-order valence-electron chi connectivity index (χ2n) is 5.87. The second-order valence-corrected chi connectivity index (χ2v) is 5.87. The molecule has 0 aliphatic carbocycles. The summed E-state index contributed by atoms with van der Waals surface area (Å²) in [7, 11) is 0. The van der Waals surface area contributed by atoms with Crippen molar-refractivity contribution in [3.63, 3.8) is 0 Å². The number of hydrogen-bond acceptors (Lipinski definition) is 5. The standard InChI is InChI=1S/C21H16N2O4/c1-2-26-21(25)19-18(14-8-4-6-10-17(14)27-19)23-20(24)16-12-11-13-7-3-5-9-15(13)22-16/h3-12H,2H2,1H3,(H,23,24). The van der Waals surface area contributed by atoms with Crippen molar-refractivity contribution >= 4 is 39.4 Å². The minimum absolute atomic E-state index is 0.0350. The summed E-state index contributed by atoms with van der Waals surface area (Å²) in [4.78, 5) is 29.4. The lowest BCUT2D eigenvalue weighted by Crippen LogP contribution is -2.16. The Hall–Kier alpha value is -3.67. The third kappa shape index (κ3) is 3.13. The molecule has 0 fully saturated rings. The van der Waals surface area contributed by atoms with Crippen molar-refractivity contribution in [3.8, 4) is 0 Å². The molecule has 1 N–H and O–H groups in total. The molecule has 0 bridgehead atoms. The zero-order valence-corrected chi connectivity index (χ0v) is 14.6. The van der Waals surface area contributed by atoms with Gasteiger partial charge in [-0.05, 0) is 31.2 Å². The molecule has 134 valence electrons. The number of nitrogens with one attached hydrogen (secondary N) is 1. The molecule has 0 aliphatic rings. The molecule has 4 rings (SSSR count). The van der Waals surface area contributed by atoms with Gasteiger partial charge in [0.15, 0.2) is 0 Å². The molecular weight excluding hydrogens is 344 g/mol. The van der Waals surface area contributed by atoms with Gasteiger partial charge in [-0.25, -0.2) is 9.78 Å². The topological polar surface area (TPSA) is 81.4 Å². The Bertz CT molecular complexity index is 1160. The van der Waals surface area contributed by atoms with E-state index in [1.807, 2.05) is 30.3 Å². The molecule has 0 atom stereocenters. The molecule has 2 heterocycles. The number of carbonyl (C=O) groups is 2. The van der Waals surface area contributed by atoms with Crippen molar-refractivity contribution in [2.24, 2.45) is 0 Å². The molecule has 27 heavy (non-hydrogen) atoms. The fourth-order valence-electron chi connectivity index (χ4n) is 2.88. The van der Waals surface area contributed by atoms with E-state index in [0.717, 1.165) is 5.39 Å². The normalized spacial score (nSPS) is 10.9. The first kappa shape index (κ1) is 16.8. The van der Waals surface area contributed by atoms with Gasteiger partial charge >= 0.3 is 5.97 Å². The van der Waals surface area contributed by atoms with Crippen molar-refractivity contribution in [2.45, 2.75) is 6.92 Å². The number of amides is 1. The fourth-order valence-corrected chi connectivity index (χ4v) is 2.88. The number of anilines is 1. The number of carbonyl (C=O) groups excluding carboxylic acids is 2. The van der Waals surface area contributed by atoms with E-state index in [2.05, 4.69) is 10.3 Å². The Labute approximate surface area is 154 Å². The van der Waals surface area contributed by atoms with Crippen LogP contribution in [0.1, 0.15) is 28.0 Å². The number of fused-ring (bicyclic) bond motifs is 2. The first-order valence-corrected chi connectivity index (χ1v) is 8.53. The number of ether oxygens (including phenoxy) is 1. The Kier molecular flexibility index (Phi) is 4.30. The van der Waals surface area contributed by atoms with Crippen molar-refractivity contribution < 1.29 is 18.7 Å². The lowest BCUT2D eigenvalue weighted by atomic mass is 10.2. The summed E-state index contributed by atoms with van der Waals surface area (Å²) in [6.45, 7) is 1.91. The smallest absolute Gasteiger partial charge is 0.376 e. The summed E-state index contributed by atoms with van der Waals surface area (Å²) >= 11 is 0. The number of rotatable bonds is 4. The van der Waals surface area contributed by atoms with E-state index >= 15 is 0 Å². The van der Waals surface area contributed by atoms with E-state index in [1.54, 1.807) is 37.3 Å². The van der Waals surface area contributed by atoms with Crippen molar-refractivity contribution in [1.82, 2.24) is 4.98 Å². The van der Waals surface area contributed by atoms with Gasteiger partial charge in [-0.3, -0.25) is 4.79 Å². The molecule has 4 aromatic rings. The maximum Gasteiger partial charge on any atom is 0.376 e. The van der Waals surface area contributed by atoms with Crippen LogP contribution in [-0.2, 0) is 4.74 Å². The third-order valence-electron chi connectivity index (χ3n) is 4.13.